The molecule has 5 rings (SSSR count). The van der Waals surface area contributed by atoms with Crippen molar-refractivity contribution in [3.63, 3.8) is 0 Å². The molecule has 5 N–H and O–H groups in total. The zero-order valence-electron chi connectivity index (χ0n) is 20.8. The summed E-state index contributed by atoms with van der Waals surface area (Å²) in [5.41, 5.74) is 15.4. The lowest BCUT2D eigenvalue weighted by atomic mass is 10.0. The Morgan fingerprint density at radius 3 is 2.28 bits per heavy atom. The first-order valence-electron chi connectivity index (χ1n) is 12.0. The molecule has 2 aromatic carbocycles. The first-order chi connectivity index (χ1) is 18.8. The number of rotatable bonds is 7. The van der Waals surface area contributed by atoms with Gasteiger partial charge < -0.3 is 16.6 Å². The number of pyridine rings is 1. The van der Waals surface area contributed by atoms with Crippen molar-refractivity contribution >= 4 is 34.4 Å². The van der Waals surface area contributed by atoms with E-state index < -0.39 is 17.7 Å². The molecule has 39 heavy (non-hydrogen) atoms. The zero-order chi connectivity index (χ0) is 27.7. The van der Waals surface area contributed by atoms with E-state index in [2.05, 4.69) is 20.1 Å². The van der Waals surface area contributed by atoms with Gasteiger partial charge >= 0.3 is 6.09 Å². The summed E-state index contributed by atoms with van der Waals surface area (Å²) in [6, 6.07) is 14.8. The summed E-state index contributed by atoms with van der Waals surface area (Å²) in [6.07, 6.45) is 0.515. The Kier molecular flexibility index (Phi) is 6.75. The molecule has 0 radical (unpaired) electrons. The van der Waals surface area contributed by atoms with Crippen molar-refractivity contribution in [3.05, 3.63) is 94.8 Å². The van der Waals surface area contributed by atoms with Crippen LogP contribution in [0.5, 0.6) is 0 Å². The Hall–Kier alpha value is -5.13. The largest absolute Gasteiger partial charge is 0.465 e. The van der Waals surface area contributed by atoms with Crippen molar-refractivity contribution < 1.29 is 18.7 Å². The molecule has 0 aliphatic carbocycles. The van der Waals surface area contributed by atoms with E-state index in [4.69, 9.17) is 11.5 Å². The highest BCUT2D eigenvalue weighted by Crippen LogP contribution is 2.32. The minimum Gasteiger partial charge on any atom is -0.465 e. The Bertz CT molecular complexity index is 1680. The van der Waals surface area contributed by atoms with Crippen LogP contribution in [-0.2, 0) is 19.4 Å². The number of nitrogens with zero attached hydrogens (tertiary/aromatic N) is 6. The number of nitrogen functional groups attached to an aromatic ring is 2. The van der Waals surface area contributed by atoms with E-state index in [1.807, 2.05) is 31.2 Å². The number of anilines is 3. The second kappa shape index (κ2) is 10.3. The van der Waals surface area contributed by atoms with Crippen molar-refractivity contribution in [2.75, 3.05) is 16.4 Å². The standard InChI is InChI=1S/C27H24F2N8O2/c1-2-15-7-3-4-9-17(15)14-36(27(38)39)23-24(30)33-26(34-25(23)31)37-21-12-18(28)13-32-22(21)20(35-37)11-16-8-5-6-10-19(16)29/h3-10,12-13H,2,11,14H2,1H3,(H,38,39)(H4,30,31,33,34). The summed E-state index contributed by atoms with van der Waals surface area (Å²) < 4.78 is 29.7. The molecule has 1 amide bonds. The maximum atomic E-state index is 14.3. The van der Waals surface area contributed by atoms with E-state index in [0.29, 0.717) is 23.2 Å². The van der Waals surface area contributed by atoms with Gasteiger partial charge in [0.15, 0.2) is 11.6 Å². The fourth-order valence-corrected chi connectivity index (χ4v) is 4.45. The highest BCUT2D eigenvalue weighted by molar-refractivity contribution is 5.94. The summed E-state index contributed by atoms with van der Waals surface area (Å²) in [7, 11) is 0. The molecule has 0 saturated heterocycles. The van der Waals surface area contributed by atoms with E-state index in [9.17, 15) is 18.7 Å². The summed E-state index contributed by atoms with van der Waals surface area (Å²) in [4.78, 5) is 25.9. The number of halogens is 2. The highest BCUT2D eigenvalue weighted by atomic mass is 19.1. The first-order valence-corrected chi connectivity index (χ1v) is 12.0. The van der Waals surface area contributed by atoms with Gasteiger partial charge in [0.2, 0.25) is 0 Å². The quantitative estimate of drug-likeness (QED) is 0.279. The minimum absolute atomic E-state index is 0.0247. The van der Waals surface area contributed by atoms with Crippen molar-refractivity contribution in [3.8, 4) is 5.95 Å². The van der Waals surface area contributed by atoms with Crippen LogP contribution in [0, 0.1) is 11.6 Å². The third-order valence-corrected chi connectivity index (χ3v) is 6.32. The van der Waals surface area contributed by atoms with Gasteiger partial charge in [0, 0.05) is 12.5 Å². The summed E-state index contributed by atoms with van der Waals surface area (Å²) in [5.74, 6) is -1.60. The molecule has 12 heteroatoms. The number of aromatic nitrogens is 5. The normalized spacial score (nSPS) is 11.2. The smallest absolute Gasteiger partial charge is 0.412 e. The molecule has 3 heterocycles. The van der Waals surface area contributed by atoms with Gasteiger partial charge in [-0.3, -0.25) is 4.90 Å². The van der Waals surface area contributed by atoms with Crippen molar-refractivity contribution in [1.29, 1.82) is 0 Å². The summed E-state index contributed by atoms with van der Waals surface area (Å²) in [6.45, 7) is 1.94. The summed E-state index contributed by atoms with van der Waals surface area (Å²) >= 11 is 0. The number of amides is 1. The number of fused-ring (bicyclic) bond motifs is 1. The SMILES string of the molecule is CCc1ccccc1CN(C(=O)O)c1c(N)nc(-n2nc(Cc3ccccc3F)c3ncc(F)cc32)nc1N. The van der Waals surface area contributed by atoms with Crippen LogP contribution >= 0.6 is 0 Å². The minimum atomic E-state index is -1.29. The van der Waals surface area contributed by atoms with Gasteiger partial charge in [-0.05, 0) is 29.2 Å². The van der Waals surface area contributed by atoms with Gasteiger partial charge in [-0.1, -0.05) is 49.4 Å². The lowest BCUT2D eigenvalue weighted by molar-refractivity contribution is 0.201. The van der Waals surface area contributed by atoms with Gasteiger partial charge in [-0.2, -0.15) is 19.7 Å². The number of carbonyl (C=O) groups is 1. The molecule has 198 valence electrons. The van der Waals surface area contributed by atoms with Gasteiger partial charge in [0.1, 0.15) is 22.8 Å². The molecule has 3 aromatic heterocycles. The Balaban J connectivity index is 1.59. The highest BCUT2D eigenvalue weighted by Gasteiger charge is 2.25. The number of hydrogen-bond donors (Lipinski definition) is 3. The molecule has 10 nitrogen and oxygen atoms in total. The second-order valence-electron chi connectivity index (χ2n) is 8.78. The van der Waals surface area contributed by atoms with Crippen molar-refractivity contribution in [1.82, 2.24) is 24.7 Å². The van der Waals surface area contributed by atoms with Crippen LogP contribution in [-0.4, -0.2) is 35.9 Å². The average molecular weight is 531 g/mol. The van der Waals surface area contributed by atoms with Gasteiger partial charge in [0.25, 0.3) is 5.95 Å². The lowest BCUT2D eigenvalue weighted by Gasteiger charge is -2.23. The van der Waals surface area contributed by atoms with Crippen LogP contribution in [0.3, 0.4) is 0 Å². The Labute approximate surface area is 221 Å². The van der Waals surface area contributed by atoms with Crippen LogP contribution in [0.25, 0.3) is 17.0 Å². The predicted octanol–water partition coefficient (Wildman–Crippen LogP) is 4.49. The van der Waals surface area contributed by atoms with Crippen LogP contribution in [0.2, 0.25) is 0 Å². The van der Waals surface area contributed by atoms with Crippen molar-refractivity contribution in [2.45, 2.75) is 26.3 Å². The fraction of sp³-hybridized carbons (Fsp3) is 0.148. The Morgan fingerprint density at radius 2 is 1.64 bits per heavy atom. The molecule has 0 unspecified atom stereocenters. The zero-order valence-corrected chi connectivity index (χ0v) is 20.8. The first kappa shape index (κ1) is 25.5. The third kappa shape index (κ3) is 4.91. The molecule has 0 aliphatic rings. The van der Waals surface area contributed by atoms with E-state index >= 15 is 0 Å². The molecule has 0 fully saturated rings. The number of nitrogens with two attached hydrogens (primary N) is 2. The van der Waals surface area contributed by atoms with Crippen LogP contribution in [0.1, 0.15) is 29.3 Å². The van der Waals surface area contributed by atoms with Crippen LogP contribution in [0.15, 0.2) is 60.8 Å². The number of carboxylic acid groups (broad SMARTS) is 1. The molecule has 0 saturated carbocycles. The molecule has 0 atom stereocenters. The monoisotopic (exact) mass is 530 g/mol. The molecule has 0 aliphatic heterocycles. The number of aryl methyl sites for hydroxylation is 1. The molecule has 0 spiro atoms. The average Bonchev–Trinajstić information content (AvgIpc) is 3.26. The van der Waals surface area contributed by atoms with E-state index in [1.54, 1.807) is 18.2 Å². The predicted molar refractivity (Wildman–Crippen MR) is 142 cm³/mol. The van der Waals surface area contributed by atoms with E-state index in [-0.39, 0.29) is 41.8 Å². The number of benzene rings is 2. The van der Waals surface area contributed by atoms with Gasteiger partial charge in [0.05, 0.1) is 24.0 Å². The lowest BCUT2D eigenvalue weighted by Crippen LogP contribution is -2.31. The molecule has 5 aromatic rings. The van der Waals surface area contributed by atoms with Crippen molar-refractivity contribution in [2.24, 2.45) is 0 Å². The molecular weight excluding hydrogens is 506 g/mol. The van der Waals surface area contributed by atoms with Crippen LogP contribution < -0.4 is 16.4 Å². The maximum absolute atomic E-state index is 14.3. The third-order valence-electron chi connectivity index (χ3n) is 6.32. The topological polar surface area (TPSA) is 149 Å². The number of hydrogen-bond acceptors (Lipinski definition) is 7. The van der Waals surface area contributed by atoms with E-state index in [1.165, 1.54) is 16.8 Å². The summed E-state index contributed by atoms with van der Waals surface area (Å²) in [5, 5.41) is 14.5. The van der Waals surface area contributed by atoms with Gasteiger partial charge in [-0.15, -0.1) is 0 Å². The van der Waals surface area contributed by atoms with E-state index in [0.717, 1.165) is 22.2 Å². The fourth-order valence-electron chi connectivity index (χ4n) is 4.45. The maximum Gasteiger partial charge on any atom is 0.412 e. The Morgan fingerprint density at radius 1 is 1.00 bits per heavy atom. The van der Waals surface area contributed by atoms with Crippen LogP contribution in [0.4, 0.5) is 30.9 Å². The second-order valence-corrected chi connectivity index (χ2v) is 8.78. The molecular formula is C27H24F2N8O2. The van der Waals surface area contributed by atoms with Gasteiger partial charge in [-0.25, -0.2) is 18.6 Å². The molecule has 0 bridgehead atoms.